The van der Waals surface area contributed by atoms with Gasteiger partial charge in [0.05, 0.1) is 5.56 Å². The van der Waals surface area contributed by atoms with Gasteiger partial charge < -0.3 is 14.7 Å². The van der Waals surface area contributed by atoms with Crippen LogP contribution in [0.15, 0.2) is 42.9 Å². The van der Waals surface area contributed by atoms with Crippen molar-refractivity contribution in [3.8, 4) is 22.9 Å². The molecule has 4 rings (SSSR count). The average Bonchev–Trinajstić information content (AvgIpc) is 3.24. The molecule has 0 fully saturated rings. The molecule has 0 aliphatic heterocycles. The topological polar surface area (TPSA) is 66.6 Å². The van der Waals surface area contributed by atoms with Gasteiger partial charge in [-0.3, -0.25) is 0 Å². The number of benzene rings is 2. The van der Waals surface area contributed by atoms with E-state index in [4.69, 9.17) is 4.74 Å². The highest BCUT2D eigenvalue weighted by Gasteiger charge is 2.15. The summed E-state index contributed by atoms with van der Waals surface area (Å²) in [6.45, 7) is 1.77. The lowest BCUT2D eigenvalue weighted by atomic mass is 10.1. The summed E-state index contributed by atoms with van der Waals surface area (Å²) in [4.78, 5) is 5.70. The van der Waals surface area contributed by atoms with E-state index in [-0.39, 0.29) is 17.1 Å². The van der Waals surface area contributed by atoms with Crippen LogP contribution in [-0.4, -0.2) is 20.2 Å². The van der Waals surface area contributed by atoms with Gasteiger partial charge in [0, 0.05) is 28.7 Å². The summed E-state index contributed by atoms with van der Waals surface area (Å²) < 4.78 is 34.0. The van der Waals surface area contributed by atoms with Crippen molar-refractivity contribution in [3.05, 3.63) is 60.1 Å². The zero-order valence-electron chi connectivity index (χ0n) is 12.6. The normalized spacial score (nSPS) is 11.1. The maximum Gasteiger partial charge on any atom is 0.168 e. The van der Waals surface area contributed by atoms with Gasteiger partial charge in [-0.2, -0.15) is 0 Å². The first-order valence-corrected chi connectivity index (χ1v) is 7.23. The van der Waals surface area contributed by atoms with Crippen LogP contribution in [0.5, 0.6) is 11.5 Å². The molecule has 4 aromatic rings. The monoisotopic (exact) mass is 326 g/mol. The number of hydrogen-bond donors (Lipinski definition) is 2. The maximum absolute atomic E-state index is 14.3. The molecule has 2 aromatic carbocycles. The van der Waals surface area contributed by atoms with Crippen LogP contribution in [0, 0.1) is 18.6 Å². The molecule has 0 atom stereocenters. The average molecular weight is 326 g/mol. The quantitative estimate of drug-likeness (QED) is 0.589. The molecular weight excluding hydrogens is 314 g/mol. The zero-order valence-corrected chi connectivity index (χ0v) is 12.6. The minimum absolute atomic E-state index is 0.109. The van der Waals surface area contributed by atoms with Crippen molar-refractivity contribution in [2.75, 3.05) is 0 Å². The van der Waals surface area contributed by atoms with Gasteiger partial charge in [0.15, 0.2) is 17.4 Å². The third-order valence-corrected chi connectivity index (χ3v) is 3.84. The standard InChI is InChI=1S/C17H12F2N4O/c1-9-11-4-5-20-15(11)7-14(19)16(9)24-10-2-3-13(18)12(6-10)17-21-8-22-23-17/h2-8,20H,1H3,(H,21,22,23). The summed E-state index contributed by atoms with van der Waals surface area (Å²) in [6, 6.07) is 7.36. The molecule has 0 aliphatic carbocycles. The largest absolute Gasteiger partial charge is 0.454 e. The van der Waals surface area contributed by atoms with E-state index in [0.717, 1.165) is 5.39 Å². The molecule has 2 heterocycles. The van der Waals surface area contributed by atoms with Gasteiger partial charge >= 0.3 is 0 Å². The smallest absolute Gasteiger partial charge is 0.168 e. The Morgan fingerprint density at radius 2 is 1.92 bits per heavy atom. The molecule has 0 radical (unpaired) electrons. The Labute approximate surface area is 135 Å². The Balaban J connectivity index is 1.78. The van der Waals surface area contributed by atoms with E-state index in [0.29, 0.717) is 16.8 Å². The van der Waals surface area contributed by atoms with E-state index in [1.165, 1.54) is 30.6 Å². The number of aryl methyl sites for hydroxylation is 1. The van der Waals surface area contributed by atoms with Gasteiger partial charge in [-0.15, -0.1) is 10.2 Å². The van der Waals surface area contributed by atoms with Crippen LogP contribution in [0.2, 0.25) is 0 Å². The van der Waals surface area contributed by atoms with Crippen molar-refractivity contribution >= 4 is 10.9 Å². The summed E-state index contributed by atoms with van der Waals surface area (Å²) in [5, 5.41) is 8.28. The van der Waals surface area contributed by atoms with Crippen LogP contribution in [0.1, 0.15) is 5.56 Å². The highest BCUT2D eigenvalue weighted by atomic mass is 19.1. The second-order valence-electron chi connectivity index (χ2n) is 5.33. The van der Waals surface area contributed by atoms with E-state index in [1.54, 1.807) is 13.1 Å². The predicted molar refractivity (Wildman–Crippen MR) is 84.8 cm³/mol. The lowest BCUT2D eigenvalue weighted by Gasteiger charge is -2.12. The SMILES string of the molecule is Cc1c(Oc2ccc(F)c(-c3nnc[nH]3)c2)c(F)cc2[nH]ccc12. The molecule has 5 nitrogen and oxygen atoms in total. The number of halogens is 2. The molecule has 2 N–H and O–H groups in total. The number of nitrogens with zero attached hydrogens (tertiary/aromatic N) is 2. The summed E-state index contributed by atoms with van der Waals surface area (Å²) in [6.07, 6.45) is 3.09. The molecule has 24 heavy (non-hydrogen) atoms. The molecule has 0 bridgehead atoms. The van der Waals surface area contributed by atoms with Crippen LogP contribution < -0.4 is 4.74 Å². The first-order valence-electron chi connectivity index (χ1n) is 7.23. The fraction of sp³-hybridized carbons (Fsp3) is 0.0588. The second-order valence-corrected chi connectivity index (χ2v) is 5.33. The van der Waals surface area contributed by atoms with E-state index in [1.807, 2.05) is 6.07 Å². The lowest BCUT2D eigenvalue weighted by molar-refractivity contribution is 0.439. The molecule has 0 spiro atoms. The van der Waals surface area contributed by atoms with Gasteiger partial charge in [0.2, 0.25) is 0 Å². The third-order valence-electron chi connectivity index (χ3n) is 3.84. The predicted octanol–water partition coefficient (Wildman–Crippen LogP) is 4.33. The summed E-state index contributed by atoms with van der Waals surface area (Å²) >= 11 is 0. The second kappa shape index (κ2) is 5.45. The number of H-pyrrole nitrogens is 2. The number of rotatable bonds is 3. The van der Waals surface area contributed by atoms with Crippen LogP contribution >= 0.6 is 0 Å². The molecule has 0 saturated heterocycles. The Bertz CT molecular complexity index is 1020. The molecule has 7 heteroatoms. The van der Waals surface area contributed by atoms with Gasteiger partial charge in [-0.05, 0) is 31.2 Å². The van der Waals surface area contributed by atoms with Crippen LogP contribution in [-0.2, 0) is 0 Å². The summed E-state index contributed by atoms with van der Waals surface area (Å²) in [7, 11) is 0. The Morgan fingerprint density at radius 3 is 2.71 bits per heavy atom. The number of aromatic nitrogens is 4. The number of hydrogen-bond acceptors (Lipinski definition) is 3. The molecule has 2 aromatic heterocycles. The van der Waals surface area contributed by atoms with Crippen LogP contribution in [0.3, 0.4) is 0 Å². The first-order chi connectivity index (χ1) is 11.6. The minimum atomic E-state index is -0.493. The summed E-state index contributed by atoms with van der Waals surface area (Å²) in [5.41, 5.74) is 1.56. The fourth-order valence-corrected chi connectivity index (χ4v) is 2.65. The van der Waals surface area contributed by atoms with E-state index in [9.17, 15) is 8.78 Å². The summed E-state index contributed by atoms with van der Waals surface area (Å²) in [5.74, 6) is -0.279. The van der Waals surface area contributed by atoms with Gasteiger partial charge in [-0.1, -0.05) is 0 Å². The van der Waals surface area contributed by atoms with Gasteiger partial charge in [-0.25, -0.2) is 8.78 Å². The Hall–Kier alpha value is -3.22. The lowest BCUT2D eigenvalue weighted by Crippen LogP contribution is -1.94. The van der Waals surface area contributed by atoms with Crippen molar-refractivity contribution in [2.24, 2.45) is 0 Å². The molecule has 0 amide bonds. The van der Waals surface area contributed by atoms with Gasteiger partial charge in [0.25, 0.3) is 0 Å². The maximum atomic E-state index is 14.3. The minimum Gasteiger partial charge on any atom is -0.454 e. The molecule has 0 unspecified atom stereocenters. The number of aromatic amines is 2. The Morgan fingerprint density at radius 1 is 1.04 bits per heavy atom. The molecule has 120 valence electrons. The number of nitrogens with one attached hydrogen (secondary N) is 2. The fourth-order valence-electron chi connectivity index (χ4n) is 2.65. The Kier molecular flexibility index (Phi) is 3.26. The van der Waals surface area contributed by atoms with E-state index < -0.39 is 11.6 Å². The third kappa shape index (κ3) is 2.30. The van der Waals surface area contributed by atoms with Gasteiger partial charge in [0.1, 0.15) is 17.9 Å². The highest BCUT2D eigenvalue weighted by molar-refractivity contribution is 5.85. The van der Waals surface area contributed by atoms with Crippen molar-refractivity contribution in [3.63, 3.8) is 0 Å². The highest BCUT2D eigenvalue weighted by Crippen LogP contribution is 2.35. The molecular formula is C17H12F2N4O. The molecule has 0 aliphatic rings. The van der Waals surface area contributed by atoms with Crippen LogP contribution in [0.25, 0.3) is 22.3 Å². The molecule has 0 saturated carbocycles. The van der Waals surface area contributed by atoms with Crippen LogP contribution in [0.4, 0.5) is 8.78 Å². The van der Waals surface area contributed by atoms with E-state index >= 15 is 0 Å². The zero-order chi connectivity index (χ0) is 16.7. The van der Waals surface area contributed by atoms with Crippen molar-refractivity contribution in [1.82, 2.24) is 20.2 Å². The number of ether oxygens (including phenoxy) is 1. The first kappa shape index (κ1) is 14.4. The van der Waals surface area contributed by atoms with Crippen molar-refractivity contribution < 1.29 is 13.5 Å². The van der Waals surface area contributed by atoms with Crippen molar-refractivity contribution in [1.29, 1.82) is 0 Å². The van der Waals surface area contributed by atoms with Crippen molar-refractivity contribution in [2.45, 2.75) is 6.92 Å². The van der Waals surface area contributed by atoms with E-state index in [2.05, 4.69) is 20.2 Å². The number of fused-ring (bicyclic) bond motifs is 1.